The minimum atomic E-state index is -0.216. The minimum absolute atomic E-state index is 0.120. The number of benzene rings is 2. The molecule has 0 saturated carbocycles. The third kappa shape index (κ3) is 3.82. The van der Waals surface area contributed by atoms with Gasteiger partial charge in [0.15, 0.2) is 0 Å². The van der Waals surface area contributed by atoms with E-state index in [1.165, 1.54) is 0 Å². The minimum Gasteiger partial charge on any atom is -0.331 e. The summed E-state index contributed by atoms with van der Waals surface area (Å²) in [5.41, 5.74) is 2.39. The molecule has 1 aliphatic carbocycles. The number of urea groups is 1. The number of amides is 2. The van der Waals surface area contributed by atoms with Crippen LogP contribution in [0, 0.1) is 0 Å². The van der Waals surface area contributed by atoms with Gasteiger partial charge in [0.2, 0.25) is 0 Å². The molecule has 1 unspecified atom stereocenters. The van der Waals surface area contributed by atoms with Crippen LogP contribution in [0.5, 0.6) is 0 Å². The summed E-state index contributed by atoms with van der Waals surface area (Å²) >= 11 is 12.4. The van der Waals surface area contributed by atoms with Crippen molar-refractivity contribution >= 4 is 40.1 Å². The van der Waals surface area contributed by atoms with Crippen molar-refractivity contribution in [2.75, 3.05) is 6.54 Å². The van der Waals surface area contributed by atoms with Crippen molar-refractivity contribution < 1.29 is 4.79 Å². The maximum Gasteiger partial charge on any atom is 0.318 e. The second-order valence-corrected chi connectivity index (χ2v) is 7.80. The molecule has 150 valence electrons. The fourth-order valence-electron chi connectivity index (χ4n) is 3.74. The summed E-state index contributed by atoms with van der Waals surface area (Å²) in [6, 6.07) is 10.5. The Balaban J connectivity index is 1.52. The number of carbonyl (C=O) groups is 1. The molecule has 3 aromatic rings. The number of hydrogen-bond donors (Lipinski definition) is 2. The molecule has 4 rings (SSSR count). The topological polar surface area (TPSA) is 78.1 Å². The Labute approximate surface area is 177 Å². The van der Waals surface area contributed by atoms with Gasteiger partial charge in [-0.25, -0.2) is 9.78 Å². The third-order valence-corrected chi connectivity index (χ3v) is 6.10. The average Bonchev–Trinajstić information content (AvgIpc) is 3.12. The van der Waals surface area contributed by atoms with Crippen molar-refractivity contribution in [3.8, 4) is 0 Å². The van der Waals surface area contributed by atoms with Gasteiger partial charge in [0.1, 0.15) is 5.82 Å². The molecular weight excluding hydrogens is 411 g/mol. The molecule has 2 N–H and O–H groups in total. The predicted molar refractivity (Wildman–Crippen MR) is 115 cm³/mol. The van der Waals surface area contributed by atoms with Crippen LogP contribution in [0.25, 0.3) is 10.9 Å². The highest BCUT2D eigenvalue weighted by molar-refractivity contribution is 6.42. The van der Waals surface area contributed by atoms with Crippen LogP contribution in [0.4, 0.5) is 4.79 Å². The van der Waals surface area contributed by atoms with E-state index in [1.807, 2.05) is 19.1 Å². The molecule has 2 aromatic carbocycles. The molecule has 29 heavy (non-hydrogen) atoms. The van der Waals surface area contributed by atoms with Gasteiger partial charge in [-0.1, -0.05) is 41.4 Å². The zero-order valence-electron chi connectivity index (χ0n) is 15.8. The fourth-order valence-corrected chi connectivity index (χ4v) is 4.18. The lowest BCUT2D eigenvalue weighted by atomic mass is 10.1. The first-order chi connectivity index (χ1) is 14.0. The van der Waals surface area contributed by atoms with Gasteiger partial charge in [0.05, 0.1) is 33.5 Å². The lowest BCUT2D eigenvalue weighted by molar-refractivity contribution is 0.192. The van der Waals surface area contributed by atoms with Crippen LogP contribution < -0.4 is 10.9 Å². The molecule has 2 amide bonds. The second kappa shape index (κ2) is 8.05. The van der Waals surface area contributed by atoms with Gasteiger partial charge in [0, 0.05) is 6.54 Å². The Kier molecular flexibility index (Phi) is 5.48. The SMILES string of the molecule is CCN(Cc1nc2ccccc2c(=O)[nH]1)C(=O)NC1CCc2c1ccc(Cl)c2Cl. The van der Waals surface area contributed by atoms with Crippen molar-refractivity contribution in [1.29, 1.82) is 0 Å². The summed E-state index contributed by atoms with van der Waals surface area (Å²) in [7, 11) is 0. The Hall–Kier alpha value is -2.57. The number of H-pyrrole nitrogens is 1. The zero-order chi connectivity index (χ0) is 20.5. The molecule has 0 saturated heterocycles. The van der Waals surface area contributed by atoms with Crippen molar-refractivity contribution in [2.45, 2.75) is 32.4 Å². The molecule has 1 heterocycles. The van der Waals surface area contributed by atoms with E-state index in [0.29, 0.717) is 33.3 Å². The van der Waals surface area contributed by atoms with Gasteiger partial charge in [0.25, 0.3) is 5.56 Å². The van der Waals surface area contributed by atoms with E-state index < -0.39 is 0 Å². The largest absolute Gasteiger partial charge is 0.331 e. The zero-order valence-corrected chi connectivity index (χ0v) is 17.3. The molecule has 8 heteroatoms. The average molecular weight is 431 g/mol. The van der Waals surface area contributed by atoms with E-state index in [0.717, 1.165) is 24.0 Å². The van der Waals surface area contributed by atoms with Gasteiger partial charge in [-0.05, 0) is 49.1 Å². The van der Waals surface area contributed by atoms with E-state index in [-0.39, 0.29) is 24.2 Å². The van der Waals surface area contributed by atoms with E-state index in [2.05, 4.69) is 15.3 Å². The molecule has 1 aliphatic rings. The number of hydrogen-bond acceptors (Lipinski definition) is 3. The summed E-state index contributed by atoms with van der Waals surface area (Å²) in [6.07, 6.45) is 1.54. The molecule has 0 spiro atoms. The van der Waals surface area contributed by atoms with Crippen LogP contribution in [0.15, 0.2) is 41.2 Å². The van der Waals surface area contributed by atoms with E-state index in [9.17, 15) is 9.59 Å². The van der Waals surface area contributed by atoms with Crippen LogP contribution in [-0.2, 0) is 13.0 Å². The summed E-state index contributed by atoms with van der Waals surface area (Å²) in [4.78, 5) is 34.0. The summed E-state index contributed by atoms with van der Waals surface area (Å²) in [5, 5.41) is 4.69. The maximum atomic E-state index is 12.9. The van der Waals surface area contributed by atoms with Crippen LogP contribution in [0.3, 0.4) is 0 Å². The van der Waals surface area contributed by atoms with Crippen LogP contribution in [0.2, 0.25) is 10.0 Å². The first kappa shape index (κ1) is 19.7. The molecule has 6 nitrogen and oxygen atoms in total. The smallest absolute Gasteiger partial charge is 0.318 e. The van der Waals surface area contributed by atoms with E-state index in [4.69, 9.17) is 23.2 Å². The lowest BCUT2D eigenvalue weighted by Gasteiger charge is -2.24. The monoisotopic (exact) mass is 430 g/mol. The lowest BCUT2D eigenvalue weighted by Crippen LogP contribution is -2.41. The van der Waals surface area contributed by atoms with Crippen molar-refractivity contribution in [3.05, 3.63) is 73.7 Å². The Bertz CT molecular complexity index is 1150. The quantitative estimate of drug-likeness (QED) is 0.641. The van der Waals surface area contributed by atoms with Crippen molar-refractivity contribution in [1.82, 2.24) is 20.2 Å². The Morgan fingerprint density at radius 2 is 2.07 bits per heavy atom. The molecule has 0 aliphatic heterocycles. The van der Waals surface area contributed by atoms with Crippen LogP contribution >= 0.6 is 23.2 Å². The molecule has 1 atom stereocenters. The number of aromatic nitrogens is 2. The first-order valence-electron chi connectivity index (χ1n) is 9.48. The number of carbonyl (C=O) groups excluding carboxylic acids is 1. The van der Waals surface area contributed by atoms with Crippen molar-refractivity contribution in [2.24, 2.45) is 0 Å². The Morgan fingerprint density at radius 1 is 1.28 bits per heavy atom. The van der Waals surface area contributed by atoms with Crippen LogP contribution in [0.1, 0.15) is 36.3 Å². The highest BCUT2D eigenvalue weighted by atomic mass is 35.5. The standard InChI is InChI=1S/C21H20Cl2N4O2/c1-2-27(11-18-24-16-6-4-3-5-14(16)20(28)26-18)21(29)25-17-10-8-13-12(17)7-9-15(22)19(13)23/h3-7,9,17H,2,8,10-11H2,1H3,(H,25,29)(H,24,26,28). The summed E-state index contributed by atoms with van der Waals surface area (Å²) < 4.78 is 0. The number of fused-ring (bicyclic) bond motifs is 2. The number of rotatable bonds is 4. The summed E-state index contributed by atoms with van der Waals surface area (Å²) in [5.74, 6) is 0.451. The Morgan fingerprint density at radius 3 is 2.86 bits per heavy atom. The number of nitrogens with zero attached hydrogens (tertiary/aromatic N) is 2. The first-order valence-corrected chi connectivity index (χ1v) is 10.2. The molecule has 0 fully saturated rings. The number of nitrogens with one attached hydrogen (secondary N) is 2. The van der Waals surface area contributed by atoms with Gasteiger partial charge in [-0.2, -0.15) is 0 Å². The van der Waals surface area contributed by atoms with Gasteiger partial charge in [-0.15, -0.1) is 0 Å². The highest BCUT2D eigenvalue weighted by Gasteiger charge is 2.28. The number of aromatic amines is 1. The van der Waals surface area contributed by atoms with Gasteiger partial charge < -0.3 is 15.2 Å². The van der Waals surface area contributed by atoms with Crippen LogP contribution in [-0.4, -0.2) is 27.4 Å². The fraction of sp³-hybridized carbons (Fsp3) is 0.286. The van der Waals surface area contributed by atoms with E-state index >= 15 is 0 Å². The van der Waals surface area contributed by atoms with Gasteiger partial charge >= 0.3 is 6.03 Å². The number of para-hydroxylation sites is 1. The number of halogens is 2. The predicted octanol–water partition coefficient (Wildman–Crippen LogP) is 4.45. The summed E-state index contributed by atoms with van der Waals surface area (Å²) in [6.45, 7) is 2.57. The van der Waals surface area contributed by atoms with E-state index in [1.54, 1.807) is 29.2 Å². The third-order valence-electron chi connectivity index (χ3n) is 5.26. The van der Waals surface area contributed by atoms with Gasteiger partial charge in [-0.3, -0.25) is 4.79 Å². The maximum absolute atomic E-state index is 12.9. The molecular formula is C21H20Cl2N4O2. The molecule has 1 aromatic heterocycles. The highest BCUT2D eigenvalue weighted by Crippen LogP contribution is 2.39. The molecule has 0 radical (unpaired) electrons. The normalized spacial score (nSPS) is 15.3. The molecule has 0 bridgehead atoms. The second-order valence-electron chi connectivity index (χ2n) is 7.01. The van der Waals surface area contributed by atoms with Crippen molar-refractivity contribution in [3.63, 3.8) is 0 Å².